The van der Waals surface area contributed by atoms with Crippen molar-refractivity contribution in [3.8, 4) is 5.75 Å². The highest BCUT2D eigenvalue weighted by molar-refractivity contribution is 7.89. The van der Waals surface area contributed by atoms with E-state index < -0.39 is 15.9 Å². The molecule has 0 aliphatic carbocycles. The topological polar surface area (TPSA) is 84.5 Å². The largest absolute Gasteiger partial charge is 0.496 e. The number of methoxy groups -OCH3 is 1. The van der Waals surface area contributed by atoms with Crippen LogP contribution in [0.5, 0.6) is 5.75 Å². The van der Waals surface area contributed by atoms with E-state index in [1.165, 1.54) is 38.4 Å². The fourth-order valence-corrected chi connectivity index (χ4v) is 2.44. The number of carbonyl (C=O) groups excluding carboxylic acids is 1. The second-order valence-corrected chi connectivity index (χ2v) is 5.35. The summed E-state index contributed by atoms with van der Waals surface area (Å²) in [5.74, 6) is -0.111. The van der Waals surface area contributed by atoms with E-state index in [1.807, 2.05) is 0 Å². The van der Waals surface area contributed by atoms with E-state index in [9.17, 15) is 13.2 Å². The van der Waals surface area contributed by atoms with Crippen LogP contribution in [0.15, 0.2) is 35.7 Å². The number of hydrogen-bond acceptors (Lipinski definition) is 4. The molecule has 1 aromatic carbocycles. The number of ether oxygens (including phenoxy) is 1. The summed E-state index contributed by atoms with van der Waals surface area (Å²) in [4.78, 5) is 11.7. The average Bonchev–Trinajstić information content (AvgIpc) is 2.43. The molecule has 0 heterocycles. The molecule has 0 spiro atoms. The first-order chi connectivity index (χ1) is 8.96. The Kier molecular flexibility index (Phi) is 5.08. The van der Waals surface area contributed by atoms with Gasteiger partial charge >= 0.3 is 0 Å². The van der Waals surface area contributed by atoms with Crippen LogP contribution in [-0.2, 0) is 10.0 Å². The molecule has 1 aromatic rings. The van der Waals surface area contributed by atoms with Crippen LogP contribution in [0.1, 0.15) is 10.4 Å². The Morgan fingerprint density at radius 1 is 1.47 bits per heavy atom. The molecule has 6 nitrogen and oxygen atoms in total. The van der Waals surface area contributed by atoms with Crippen molar-refractivity contribution in [2.24, 2.45) is 0 Å². The molecule has 104 valence electrons. The van der Waals surface area contributed by atoms with E-state index in [0.29, 0.717) is 5.75 Å². The van der Waals surface area contributed by atoms with Crippen molar-refractivity contribution in [3.05, 3.63) is 36.4 Å². The molecule has 7 heteroatoms. The third-order valence-electron chi connectivity index (χ3n) is 2.37. The van der Waals surface area contributed by atoms with Gasteiger partial charge in [0.05, 0.1) is 17.6 Å². The molecule has 1 amide bonds. The summed E-state index contributed by atoms with van der Waals surface area (Å²) in [6.07, 6.45) is 1.43. The van der Waals surface area contributed by atoms with E-state index in [4.69, 9.17) is 4.74 Å². The van der Waals surface area contributed by atoms with Crippen LogP contribution in [0.4, 0.5) is 0 Å². The average molecular weight is 284 g/mol. The minimum Gasteiger partial charge on any atom is -0.496 e. The van der Waals surface area contributed by atoms with Crippen molar-refractivity contribution >= 4 is 15.9 Å². The van der Waals surface area contributed by atoms with Gasteiger partial charge in [-0.05, 0) is 18.2 Å². The first kappa shape index (κ1) is 15.2. The van der Waals surface area contributed by atoms with Gasteiger partial charge in [-0.1, -0.05) is 6.08 Å². The second-order valence-electron chi connectivity index (χ2n) is 3.58. The minimum atomic E-state index is -3.67. The number of hydrogen-bond donors (Lipinski definition) is 2. The van der Waals surface area contributed by atoms with Crippen LogP contribution in [0.2, 0.25) is 0 Å². The van der Waals surface area contributed by atoms with Gasteiger partial charge in [-0.3, -0.25) is 4.79 Å². The van der Waals surface area contributed by atoms with Crippen molar-refractivity contribution < 1.29 is 17.9 Å². The molecule has 0 bridgehead atoms. The smallest absolute Gasteiger partial charge is 0.254 e. The van der Waals surface area contributed by atoms with Crippen LogP contribution < -0.4 is 14.8 Å². The van der Waals surface area contributed by atoms with Crippen LogP contribution in [0.25, 0.3) is 0 Å². The summed E-state index contributed by atoms with van der Waals surface area (Å²) in [6.45, 7) is 3.55. The third kappa shape index (κ3) is 3.55. The maximum Gasteiger partial charge on any atom is 0.254 e. The number of rotatable bonds is 6. The van der Waals surface area contributed by atoms with E-state index in [2.05, 4.69) is 16.6 Å². The summed E-state index contributed by atoms with van der Waals surface area (Å²) >= 11 is 0. The van der Waals surface area contributed by atoms with Crippen LogP contribution in [-0.4, -0.2) is 35.0 Å². The van der Waals surface area contributed by atoms with Gasteiger partial charge in [0.25, 0.3) is 5.91 Å². The van der Waals surface area contributed by atoms with E-state index >= 15 is 0 Å². The Balaban J connectivity index is 3.25. The lowest BCUT2D eigenvalue weighted by molar-refractivity contribution is 0.0960. The summed E-state index contributed by atoms with van der Waals surface area (Å²) in [6, 6.07) is 4.08. The zero-order valence-electron chi connectivity index (χ0n) is 10.8. The van der Waals surface area contributed by atoms with Crippen molar-refractivity contribution in [3.63, 3.8) is 0 Å². The van der Waals surface area contributed by atoms with Crippen LogP contribution in [0, 0.1) is 0 Å². The molecule has 1 rings (SSSR count). The molecular weight excluding hydrogens is 268 g/mol. The Hall–Kier alpha value is -1.86. The predicted molar refractivity (Wildman–Crippen MR) is 71.8 cm³/mol. The van der Waals surface area contributed by atoms with E-state index in [1.54, 1.807) is 0 Å². The number of sulfonamides is 1. The highest BCUT2D eigenvalue weighted by atomic mass is 32.2. The zero-order chi connectivity index (χ0) is 14.5. The Morgan fingerprint density at radius 3 is 2.68 bits per heavy atom. The van der Waals surface area contributed by atoms with Gasteiger partial charge in [0.2, 0.25) is 10.0 Å². The molecule has 0 saturated carbocycles. The normalized spacial score (nSPS) is 10.8. The minimum absolute atomic E-state index is 0.00579. The van der Waals surface area contributed by atoms with Gasteiger partial charge < -0.3 is 10.1 Å². The van der Waals surface area contributed by atoms with Crippen molar-refractivity contribution in [2.45, 2.75) is 4.90 Å². The maximum absolute atomic E-state index is 11.9. The molecule has 0 unspecified atom stereocenters. The summed E-state index contributed by atoms with van der Waals surface area (Å²) in [7, 11) is -0.803. The second kappa shape index (κ2) is 6.35. The van der Waals surface area contributed by atoms with Gasteiger partial charge in [-0.15, -0.1) is 6.58 Å². The van der Waals surface area contributed by atoms with Gasteiger partial charge in [-0.25, -0.2) is 13.1 Å². The van der Waals surface area contributed by atoms with Crippen molar-refractivity contribution in [1.82, 2.24) is 10.0 Å². The van der Waals surface area contributed by atoms with Gasteiger partial charge in [-0.2, -0.15) is 0 Å². The maximum atomic E-state index is 11.9. The van der Waals surface area contributed by atoms with Crippen molar-refractivity contribution in [1.29, 1.82) is 0 Å². The number of carbonyl (C=O) groups is 1. The molecule has 0 fully saturated rings. The molecule has 0 atom stereocenters. The molecule has 0 radical (unpaired) electrons. The molecular formula is C12H16N2O4S. The lowest BCUT2D eigenvalue weighted by Gasteiger charge is -2.10. The molecule has 0 aromatic heterocycles. The summed E-state index contributed by atoms with van der Waals surface area (Å²) < 4.78 is 31.2. The molecule has 0 aliphatic heterocycles. The summed E-state index contributed by atoms with van der Waals surface area (Å²) in [5, 5.41) is 2.43. The predicted octanol–water partition coefficient (Wildman–Crippen LogP) is 0.519. The third-order valence-corrected chi connectivity index (χ3v) is 3.79. The SMILES string of the molecule is C=CCNS(=O)(=O)c1ccc(OC)c(C(=O)NC)c1. The van der Waals surface area contributed by atoms with Crippen molar-refractivity contribution in [2.75, 3.05) is 20.7 Å². The molecule has 2 N–H and O–H groups in total. The standard InChI is InChI=1S/C12H16N2O4S/c1-4-7-14-19(16,17)9-5-6-11(18-3)10(8-9)12(15)13-2/h4-6,8,14H,1,7H2,2-3H3,(H,13,15). The molecule has 0 saturated heterocycles. The lowest BCUT2D eigenvalue weighted by Crippen LogP contribution is -2.25. The van der Waals surface area contributed by atoms with E-state index in [-0.39, 0.29) is 17.0 Å². The highest BCUT2D eigenvalue weighted by Gasteiger charge is 2.18. The fraction of sp³-hybridized carbons (Fsp3) is 0.250. The Labute approximate surface area is 112 Å². The highest BCUT2D eigenvalue weighted by Crippen LogP contribution is 2.22. The zero-order valence-corrected chi connectivity index (χ0v) is 11.6. The summed E-state index contributed by atoms with van der Waals surface area (Å²) in [5.41, 5.74) is 0.159. The Morgan fingerprint density at radius 2 is 2.16 bits per heavy atom. The van der Waals surface area contributed by atoms with Gasteiger partial charge in [0.1, 0.15) is 5.75 Å². The van der Waals surface area contributed by atoms with Crippen LogP contribution >= 0.6 is 0 Å². The lowest BCUT2D eigenvalue weighted by atomic mass is 10.2. The number of amides is 1. The fourth-order valence-electron chi connectivity index (χ4n) is 1.42. The number of nitrogens with one attached hydrogen (secondary N) is 2. The molecule has 0 aliphatic rings. The quantitative estimate of drug-likeness (QED) is 0.746. The monoisotopic (exact) mass is 284 g/mol. The number of benzene rings is 1. The van der Waals surface area contributed by atoms with Gasteiger partial charge in [0, 0.05) is 13.6 Å². The first-order valence-corrected chi connectivity index (χ1v) is 6.95. The first-order valence-electron chi connectivity index (χ1n) is 5.47. The van der Waals surface area contributed by atoms with Crippen LogP contribution in [0.3, 0.4) is 0 Å². The molecule has 19 heavy (non-hydrogen) atoms. The Bertz CT molecular complexity index is 581. The van der Waals surface area contributed by atoms with E-state index in [0.717, 1.165) is 0 Å². The van der Waals surface area contributed by atoms with Gasteiger partial charge in [0.15, 0.2) is 0 Å².